The molecule has 180 valence electrons. The van der Waals surface area contributed by atoms with E-state index < -0.39 is 5.97 Å². The number of esters is 1. The van der Waals surface area contributed by atoms with Gasteiger partial charge in [0.2, 0.25) is 0 Å². The molecule has 1 fully saturated rings. The van der Waals surface area contributed by atoms with Crippen molar-refractivity contribution in [2.75, 3.05) is 6.61 Å². The first-order valence-electron chi connectivity index (χ1n) is 10.8. The molecule has 0 saturated carbocycles. The van der Waals surface area contributed by atoms with Crippen LogP contribution in [-0.2, 0) is 19.1 Å². The Hall–Kier alpha value is -3.25. The van der Waals surface area contributed by atoms with Crippen molar-refractivity contribution in [3.05, 3.63) is 90.6 Å². The smallest absolute Gasteiger partial charge is 0.330 e. The molecule has 0 amide bonds. The maximum atomic E-state index is 11.6. The van der Waals surface area contributed by atoms with E-state index in [2.05, 4.69) is 20.4 Å². The second-order valence-corrected chi connectivity index (χ2v) is 7.36. The number of carboxylic acids is 1. The number of allylic oxidation sites excluding steroid dienone is 6. The lowest BCUT2D eigenvalue weighted by Gasteiger charge is -2.12. The van der Waals surface area contributed by atoms with Crippen LogP contribution in [0.3, 0.4) is 0 Å². The Morgan fingerprint density at radius 3 is 2.45 bits per heavy atom. The van der Waals surface area contributed by atoms with Crippen LogP contribution in [0.2, 0.25) is 0 Å². The Labute approximate surface area is 196 Å². The maximum Gasteiger partial charge on any atom is 0.330 e. The number of halogens is 1. The first kappa shape index (κ1) is 29.8. The van der Waals surface area contributed by atoms with E-state index >= 15 is 0 Å². The van der Waals surface area contributed by atoms with Gasteiger partial charge in [0.05, 0.1) is 12.2 Å². The first-order valence-corrected chi connectivity index (χ1v) is 10.8. The summed E-state index contributed by atoms with van der Waals surface area (Å²) in [7, 11) is 0. The summed E-state index contributed by atoms with van der Waals surface area (Å²) in [5.74, 6) is -0.725. The number of carbonyl (C=O) groups is 2. The van der Waals surface area contributed by atoms with Crippen LogP contribution in [0.1, 0.15) is 39.2 Å². The van der Waals surface area contributed by atoms with E-state index in [9.17, 15) is 9.59 Å². The molecule has 33 heavy (non-hydrogen) atoms. The Morgan fingerprint density at radius 1 is 1.21 bits per heavy atom. The van der Waals surface area contributed by atoms with Gasteiger partial charge in [-0.2, -0.15) is 0 Å². The van der Waals surface area contributed by atoms with E-state index in [0.717, 1.165) is 30.1 Å². The van der Waals surface area contributed by atoms with Crippen LogP contribution >= 0.6 is 0 Å². The van der Waals surface area contributed by atoms with Gasteiger partial charge in [0.25, 0.3) is 0 Å². The monoisotopic (exact) mass is 458 g/mol. The van der Waals surface area contributed by atoms with Crippen LogP contribution in [0.15, 0.2) is 85.0 Å². The summed E-state index contributed by atoms with van der Waals surface area (Å²) in [6, 6.07) is 9.69. The number of benzene rings is 1. The number of rotatable bonds is 9. The molecule has 5 nitrogen and oxygen atoms in total. The highest BCUT2D eigenvalue weighted by molar-refractivity contribution is 5.87. The number of aliphatic carboxylic acids is 1. The van der Waals surface area contributed by atoms with Crippen molar-refractivity contribution >= 4 is 18.0 Å². The van der Waals surface area contributed by atoms with Gasteiger partial charge in [-0.15, -0.1) is 0 Å². The lowest BCUT2D eigenvalue weighted by Crippen LogP contribution is -2.18. The molecule has 1 heterocycles. The molecule has 1 N–H and O–H groups in total. The van der Waals surface area contributed by atoms with Crippen LogP contribution in [0.5, 0.6) is 0 Å². The average Bonchev–Trinajstić information content (AvgIpc) is 3.17. The molecule has 6 heteroatoms. The standard InChI is InChI=1S/C17H22O3.C10H12O2.FH/c1-3-16-13(2)11-15(20-16)12-19-17(18)10-9-14-7-5-4-6-8-14;1-3-5-6-9(4-2)7-8-10(11)12;/h4-10,13,15-16H,3,11-12H2,1-2H3;3-8H,2H2,1H3,(H,11,12);1H/b10-9+;5-3-,8-7+,9-6+;/t13-,15-,16?;;/m0../s1. The van der Waals surface area contributed by atoms with Gasteiger partial charge in [0.1, 0.15) is 6.61 Å². The maximum absolute atomic E-state index is 11.6. The lowest BCUT2D eigenvalue weighted by atomic mass is 10.0. The van der Waals surface area contributed by atoms with Gasteiger partial charge in [-0.1, -0.05) is 75.1 Å². The first-order chi connectivity index (χ1) is 15.4. The third kappa shape index (κ3) is 13.0. The summed E-state index contributed by atoms with van der Waals surface area (Å²) in [4.78, 5) is 21.8. The molecule has 1 unspecified atom stereocenters. The Morgan fingerprint density at radius 2 is 1.91 bits per heavy atom. The van der Waals surface area contributed by atoms with Gasteiger partial charge < -0.3 is 14.6 Å². The van der Waals surface area contributed by atoms with E-state index in [0.29, 0.717) is 18.6 Å². The lowest BCUT2D eigenvalue weighted by molar-refractivity contribution is -0.141. The second kappa shape index (κ2) is 17.3. The third-order valence-corrected chi connectivity index (χ3v) is 4.80. The largest absolute Gasteiger partial charge is 0.478 e. The molecule has 0 spiro atoms. The normalized spacial score (nSPS) is 20.3. The summed E-state index contributed by atoms with van der Waals surface area (Å²) in [6.45, 7) is 10.1. The molecule has 1 aromatic rings. The predicted octanol–water partition coefficient (Wildman–Crippen LogP) is 5.91. The Kier molecular flexibility index (Phi) is 15.6. The van der Waals surface area contributed by atoms with E-state index in [1.807, 2.05) is 49.4 Å². The molecule has 3 atom stereocenters. The molecular weight excluding hydrogens is 423 g/mol. The van der Waals surface area contributed by atoms with Crippen molar-refractivity contribution in [2.24, 2.45) is 5.92 Å². The van der Waals surface area contributed by atoms with Gasteiger partial charge in [0.15, 0.2) is 0 Å². The molecule has 1 aliphatic heterocycles. The third-order valence-electron chi connectivity index (χ3n) is 4.80. The van der Waals surface area contributed by atoms with Crippen molar-refractivity contribution in [1.82, 2.24) is 0 Å². The van der Waals surface area contributed by atoms with Gasteiger partial charge >= 0.3 is 11.9 Å². The van der Waals surface area contributed by atoms with Gasteiger partial charge in [-0.3, -0.25) is 4.70 Å². The van der Waals surface area contributed by atoms with Gasteiger partial charge in [0, 0.05) is 12.2 Å². The van der Waals surface area contributed by atoms with Crippen LogP contribution < -0.4 is 0 Å². The number of hydrogen-bond acceptors (Lipinski definition) is 4. The highest BCUT2D eigenvalue weighted by Gasteiger charge is 2.31. The van der Waals surface area contributed by atoms with E-state index in [1.165, 1.54) is 12.2 Å². The quantitative estimate of drug-likeness (QED) is 0.283. The molecule has 0 aromatic heterocycles. The summed E-state index contributed by atoms with van der Waals surface area (Å²) in [6.07, 6.45) is 15.2. The number of carboxylic acid groups (broad SMARTS) is 1. The minimum absolute atomic E-state index is 0. The predicted molar refractivity (Wildman–Crippen MR) is 132 cm³/mol. The molecule has 0 radical (unpaired) electrons. The number of carbonyl (C=O) groups excluding carboxylic acids is 1. The highest BCUT2D eigenvalue weighted by Crippen LogP contribution is 2.28. The van der Waals surface area contributed by atoms with Crippen molar-refractivity contribution in [3.63, 3.8) is 0 Å². The molecule has 2 rings (SSSR count). The SMILES string of the molecule is C=CC(/C=C/C(=O)O)=C\C=C/C.CCC1O[C@H](COC(=O)/C=C/c2ccccc2)C[C@@H]1C.F. The van der Waals surface area contributed by atoms with Crippen LogP contribution in [0.4, 0.5) is 4.70 Å². The Bertz CT molecular complexity index is 839. The zero-order valence-electron chi connectivity index (χ0n) is 19.6. The topological polar surface area (TPSA) is 72.8 Å². The zero-order chi connectivity index (χ0) is 23.8. The van der Waals surface area contributed by atoms with Crippen LogP contribution in [0.25, 0.3) is 6.08 Å². The fourth-order valence-electron chi connectivity index (χ4n) is 3.13. The summed E-state index contributed by atoms with van der Waals surface area (Å²) in [5, 5.41) is 8.32. The fraction of sp³-hybridized carbons (Fsp3) is 0.333. The minimum Gasteiger partial charge on any atom is -0.478 e. The van der Waals surface area contributed by atoms with Crippen molar-refractivity contribution in [1.29, 1.82) is 0 Å². The van der Waals surface area contributed by atoms with Gasteiger partial charge in [-0.05, 0) is 49.0 Å². The molecule has 1 aliphatic rings. The summed E-state index contributed by atoms with van der Waals surface area (Å²) >= 11 is 0. The molecule has 1 aromatic carbocycles. The number of hydrogen-bond donors (Lipinski definition) is 1. The van der Waals surface area contributed by atoms with Crippen molar-refractivity contribution in [2.45, 2.75) is 45.8 Å². The zero-order valence-corrected chi connectivity index (χ0v) is 19.6. The van der Waals surface area contributed by atoms with E-state index in [1.54, 1.807) is 18.2 Å². The molecular formula is C27H35FO5. The highest BCUT2D eigenvalue weighted by atomic mass is 19.0. The second-order valence-electron chi connectivity index (χ2n) is 7.36. The number of ether oxygens (including phenoxy) is 2. The molecule has 0 bridgehead atoms. The van der Waals surface area contributed by atoms with Crippen molar-refractivity contribution in [3.8, 4) is 0 Å². The molecule has 1 saturated heterocycles. The Balaban J connectivity index is 0.000000685. The summed E-state index contributed by atoms with van der Waals surface area (Å²) in [5.41, 5.74) is 1.76. The molecule has 0 aliphatic carbocycles. The van der Waals surface area contributed by atoms with Crippen LogP contribution in [0, 0.1) is 5.92 Å². The average molecular weight is 459 g/mol. The van der Waals surface area contributed by atoms with Crippen LogP contribution in [-0.4, -0.2) is 35.9 Å². The van der Waals surface area contributed by atoms with Crippen molar-refractivity contribution < 1.29 is 28.9 Å². The fourth-order valence-corrected chi connectivity index (χ4v) is 3.13. The van der Waals surface area contributed by atoms with Gasteiger partial charge in [-0.25, -0.2) is 9.59 Å². The van der Waals surface area contributed by atoms with E-state index in [4.69, 9.17) is 14.6 Å². The van der Waals surface area contributed by atoms with E-state index in [-0.39, 0.29) is 16.8 Å². The summed E-state index contributed by atoms with van der Waals surface area (Å²) < 4.78 is 11.1. The minimum atomic E-state index is -0.955.